The maximum Gasteiger partial charge on any atom is 0.165 e. The van der Waals surface area contributed by atoms with Crippen LogP contribution in [0.3, 0.4) is 0 Å². The van der Waals surface area contributed by atoms with E-state index >= 15 is 0 Å². The molecule has 17 heavy (non-hydrogen) atoms. The molecule has 0 radical (unpaired) electrons. The van der Waals surface area contributed by atoms with Crippen molar-refractivity contribution in [1.82, 2.24) is 0 Å². The molecule has 0 heterocycles. The predicted octanol–water partition coefficient (Wildman–Crippen LogP) is 4.39. The lowest BCUT2D eigenvalue weighted by atomic mass is 10.2. The van der Waals surface area contributed by atoms with Crippen LogP contribution in [0.2, 0.25) is 0 Å². The van der Waals surface area contributed by atoms with Gasteiger partial charge in [-0.3, -0.25) is 0 Å². The standard InChI is InChI=1S/C14H21ClO2/c1-3-4-5-6-10-17-14-12(11-15)8-7-9-13(14)16-2/h7-9H,3-6,10-11H2,1-2H3. The van der Waals surface area contributed by atoms with Crippen molar-refractivity contribution in [2.45, 2.75) is 38.5 Å². The maximum atomic E-state index is 5.89. The van der Waals surface area contributed by atoms with Gasteiger partial charge in [0, 0.05) is 5.56 Å². The molecule has 0 aromatic heterocycles. The third kappa shape index (κ3) is 4.47. The fourth-order valence-corrected chi connectivity index (χ4v) is 1.90. The van der Waals surface area contributed by atoms with Crippen LogP contribution in [0.5, 0.6) is 11.5 Å². The number of para-hydroxylation sites is 1. The highest BCUT2D eigenvalue weighted by molar-refractivity contribution is 6.17. The van der Waals surface area contributed by atoms with Gasteiger partial charge in [-0.05, 0) is 12.5 Å². The van der Waals surface area contributed by atoms with Gasteiger partial charge >= 0.3 is 0 Å². The number of methoxy groups -OCH3 is 1. The first-order valence-electron chi connectivity index (χ1n) is 6.18. The van der Waals surface area contributed by atoms with Crippen molar-refractivity contribution in [1.29, 1.82) is 0 Å². The lowest BCUT2D eigenvalue weighted by molar-refractivity contribution is 0.283. The summed E-state index contributed by atoms with van der Waals surface area (Å²) in [4.78, 5) is 0. The average Bonchev–Trinajstić information content (AvgIpc) is 2.38. The quantitative estimate of drug-likeness (QED) is 0.507. The van der Waals surface area contributed by atoms with Crippen LogP contribution in [0.25, 0.3) is 0 Å². The van der Waals surface area contributed by atoms with Crippen LogP contribution in [0, 0.1) is 0 Å². The Kier molecular flexibility index (Phi) is 6.87. The normalized spacial score (nSPS) is 10.3. The molecule has 0 unspecified atom stereocenters. The van der Waals surface area contributed by atoms with E-state index in [4.69, 9.17) is 21.1 Å². The van der Waals surface area contributed by atoms with E-state index in [2.05, 4.69) is 6.92 Å². The van der Waals surface area contributed by atoms with Gasteiger partial charge in [0.05, 0.1) is 19.6 Å². The van der Waals surface area contributed by atoms with Crippen molar-refractivity contribution in [3.63, 3.8) is 0 Å². The minimum absolute atomic E-state index is 0.446. The Morgan fingerprint density at radius 2 is 2.00 bits per heavy atom. The summed E-state index contributed by atoms with van der Waals surface area (Å²) in [7, 11) is 1.65. The fraction of sp³-hybridized carbons (Fsp3) is 0.571. The van der Waals surface area contributed by atoms with Crippen molar-refractivity contribution in [2.75, 3.05) is 13.7 Å². The number of benzene rings is 1. The second-order valence-electron chi connectivity index (χ2n) is 3.99. The maximum absolute atomic E-state index is 5.89. The van der Waals surface area contributed by atoms with Crippen LogP contribution in [-0.2, 0) is 5.88 Å². The molecule has 3 heteroatoms. The highest BCUT2D eigenvalue weighted by Crippen LogP contribution is 2.32. The van der Waals surface area contributed by atoms with E-state index in [1.165, 1.54) is 19.3 Å². The Morgan fingerprint density at radius 3 is 2.65 bits per heavy atom. The van der Waals surface area contributed by atoms with E-state index < -0.39 is 0 Å². The van der Waals surface area contributed by atoms with E-state index in [-0.39, 0.29) is 0 Å². The zero-order valence-corrected chi connectivity index (χ0v) is 11.4. The summed E-state index contributed by atoms with van der Waals surface area (Å²) in [5, 5.41) is 0. The monoisotopic (exact) mass is 256 g/mol. The molecule has 0 amide bonds. The second-order valence-corrected chi connectivity index (χ2v) is 4.26. The number of halogens is 1. The molecule has 96 valence electrons. The highest BCUT2D eigenvalue weighted by atomic mass is 35.5. The molecule has 0 fully saturated rings. The number of hydrogen-bond donors (Lipinski definition) is 0. The van der Waals surface area contributed by atoms with Crippen LogP contribution in [0.4, 0.5) is 0 Å². The van der Waals surface area contributed by atoms with Crippen LogP contribution in [0.15, 0.2) is 18.2 Å². The fourth-order valence-electron chi connectivity index (χ4n) is 1.69. The lowest BCUT2D eigenvalue weighted by Gasteiger charge is -2.13. The molecule has 1 rings (SSSR count). The number of ether oxygens (including phenoxy) is 2. The van der Waals surface area contributed by atoms with Gasteiger partial charge in [-0.25, -0.2) is 0 Å². The van der Waals surface area contributed by atoms with Gasteiger partial charge in [0.25, 0.3) is 0 Å². The van der Waals surface area contributed by atoms with Gasteiger partial charge < -0.3 is 9.47 Å². The van der Waals surface area contributed by atoms with Gasteiger partial charge in [0.1, 0.15) is 0 Å². The topological polar surface area (TPSA) is 18.5 Å². The van der Waals surface area contributed by atoms with E-state index in [1.54, 1.807) is 7.11 Å². The Bertz CT molecular complexity index is 304. The first-order chi connectivity index (χ1) is 8.33. The second kappa shape index (κ2) is 8.24. The number of alkyl halides is 1. The molecule has 0 spiro atoms. The molecule has 0 atom stereocenters. The van der Waals surface area contributed by atoms with Crippen molar-refractivity contribution in [2.24, 2.45) is 0 Å². The van der Waals surface area contributed by atoms with Crippen molar-refractivity contribution in [3.05, 3.63) is 23.8 Å². The molecular formula is C14H21ClO2. The zero-order valence-electron chi connectivity index (χ0n) is 10.7. The number of unbranched alkanes of at least 4 members (excludes halogenated alkanes) is 3. The molecule has 0 aliphatic rings. The zero-order chi connectivity index (χ0) is 12.5. The van der Waals surface area contributed by atoms with Crippen molar-refractivity contribution >= 4 is 11.6 Å². The van der Waals surface area contributed by atoms with E-state index in [0.717, 1.165) is 30.1 Å². The Balaban J connectivity index is 2.55. The minimum atomic E-state index is 0.446. The molecule has 0 bridgehead atoms. The molecule has 0 saturated heterocycles. The summed E-state index contributed by atoms with van der Waals surface area (Å²) in [5.74, 6) is 2.00. The Labute approximate surface area is 109 Å². The highest BCUT2D eigenvalue weighted by Gasteiger charge is 2.09. The van der Waals surface area contributed by atoms with Gasteiger partial charge in [-0.2, -0.15) is 0 Å². The van der Waals surface area contributed by atoms with E-state index in [1.807, 2.05) is 18.2 Å². The van der Waals surface area contributed by atoms with Crippen molar-refractivity contribution < 1.29 is 9.47 Å². The summed E-state index contributed by atoms with van der Waals surface area (Å²) in [6.45, 7) is 2.93. The summed E-state index contributed by atoms with van der Waals surface area (Å²) in [6, 6.07) is 5.80. The summed E-state index contributed by atoms with van der Waals surface area (Å²) in [5.41, 5.74) is 0.988. The first kappa shape index (κ1) is 14.2. The number of hydrogen-bond acceptors (Lipinski definition) is 2. The summed E-state index contributed by atoms with van der Waals surface area (Å²) >= 11 is 5.89. The predicted molar refractivity (Wildman–Crippen MR) is 72.2 cm³/mol. The third-order valence-corrected chi connectivity index (χ3v) is 2.96. The first-order valence-corrected chi connectivity index (χ1v) is 6.71. The largest absolute Gasteiger partial charge is 0.493 e. The summed E-state index contributed by atoms with van der Waals surface area (Å²) in [6.07, 6.45) is 4.79. The van der Waals surface area contributed by atoms with E-state index in [9.17, 15) is 0 Å². The van der Waals surface area contributed by atoms with Gasteiger partial charge in [-0.15, -0.1) is 11.6 Å². The minimum Gasteiger partial charge on any atom is -0.493 e. The molecular weight excluding hydrogens is 236 g/mol. The Morgan fingerprint density at radius 1 is 1.18 bits per heavy atom. The SMILES string of the molecule is CCCCCCOc1c(CCl)cccc1OC. The molecule has 0 aliphatic carbocycles. The molecule has 1 aromatic carbocycles. The molecule has 0 saturated carbocycles. The smallest absolute Gasteiger partial charge is 0.165 e. The lowest BCUT2D eigenvalue weighted by Crippen LogP contribution is -2.01. The van der Waals surface area contributed by atoms with Gasteiger partial charge in [-0.1, -0.05) is 38.3 Å². The van der Waals surface area contributed by atoms with Gasteiger partial charge in [0.2, 0.25) is 0 Å². The van der Waals surface area contributed by atoms with E-state index in [0.29, 0.717) is 5.88 Å². The average molecular weight is 257 g/mol. The third-order valence-electron chi connectivity index (χ3n) is 2.67. The summed E-state index contributed by atoms with van der Waals surface area (Å²) < 4.78 is 11.1. The number of rotatable bonds is 8. The van der Waals surface area contributed by atoms with Crippen LogP contribution < -0.4 is 9.47 Å². The van der Waals surface area contributed by atoms with Crippen molar-refractivity contribution in [3.8, 4) is 11.5 Å². The molecule has 2 nitrogen and oxygen atoms in total. The molecule has 0 N–H and O–H groups in total. The molecule has 0 aliphatic heterocycles. The Hall–Kier alpha value is -0.890. The van der Waals surface area contributed by atoms with Gasteiger partial charge in [0.15, 0.2) is 11.5 Å². The van der Waals surface area contributed by atoms with Crippen LogP contribution in [-0.4, -0.2) is 13.7 Å². The van der Waals surface area contributed by atoms with Crippen LogP contribution in [0.1, 0.15) is 38.2 Å². The van der Waals surface area contributed by atoms with Crippen LogP contribution >= 0.6 is 11.6 Å². The molecule has 1 aromatic rings.